The molecule has 0 bridgehead atoms. The number of aromatic nitrogens is 1. The number of hydrogen-bond acceptors (Lipinski definition) is 4. The smallest absolute Gasteiger partial charge is 0.337 e. The van der Waals surface area contributed by atoms with Crippen LogP contribution >= 0.6 is 11.6 Å². The van der Waals surface area contributed by atoms with E-state index < -0.39 is 5.97 Å². The van der Waals surface area contributed by atoms with Gasteiger partial charge in [0.25, 0.3) is 0 Å². The Kier molecular flexibility index (Phi) is 6.19. The highest BCUT2D eigenvalue weighted by atomic mass is 35.5. The summed E-state index contributed by atoms with van der Waals surface area (Å²) in [6.45, 7) is 0. The number of anilines is 2. The first-order valence-corrected chi connectivity index (χ1v) is 10.5. The molecule has 1 aromatic heterocycles. The quantitative estimate of drug-likeness (QED) is 0.446. The maximum atomic E-state index is 11.3. The number of halogens is 1. The molecule has 0 amide bonds. The largest absolute Gasteiger partial charge is 0.478 e. The Labute approximate surface area is 180 Å². The first-order valence-electron chi connectivity index (χ1n) is 10.1. The molecule has 0 spiro atoms. The molecule has 1 heterocycles. The van der Waals surface area contributed by atoms with Crippen LogP contribution in [0.3, 0.4) is 0 Å². The van der Waals surface area contributed by atoms with Gasteiger partial charge >= 0.3 is 5.97 Å². The van der Waals surface area contributed by atoms with E-state index in [2.05, 4.69) is 16.4 Å². The van der Waals surface area contributed by atoms with Gasteiger partial charge in [-0.15, -0.1) is 0 Å². The molecule has 3 aromatic rings. The molecule has 154 valence electrons. The topological polar surface area (TPSA) is 71.5 Å². The van der Waals surface area contributed by atoms with Crippen LogP contribution in [0.15, 0.2) is 60.8 Å². The lowest BCUT2D eigenvalue weighted by molar-refractivity contribution is 0.0698. The summed E-state index contributed by atoms with van der Waals surface area (Å²) in [4.78, 5) is 15.6. The van der Waals surface area contributed by atoms with Crippen LogP contribution < -0.4 is 10.1 Å². The molecule has 1 fully saturated rings. The number of aromatic carboxylic acids is 1. The van der Waals surface area contributed by atoms with Gasteiger partial charge in [-0.3, -0.25) is 0 Å². The van der Waals surface area contributed by atoms with Gasteiger partial charge in [0, 0.05) is 6.07 Å². The second-order valence-electron chi connectivity index (χ2n) is 7.49. The highest BCUT2D eigenvalue weighted by Gasteiger charge is 2.17. The molecular formula is C24H23ClN2O3. The van der Waals surface area contributed by atoms with Gasteiger partial charge in [0.2, 0.25) is 5.88 Å². The van der Waals surface area contributed by atoms with Gasteiger partial charge in [0.05, 0.1) is 28.2 Å². The molecule has 5 nitrogen and oxygen atoms in total. The van der Waals surface area contributed by atoms with Crippen molar-refractivity contribution < 1.29 is 14.6 Å². The Morgan fingerprint density at radius 1 is 1.07 bits per heavy atom. The number of ether oxygens (including phenoxy) is 1. The number of nitrogens with zero attached hydrogens (tertiary/aromatic N) is 1. The zero-order valence-electron chi connectivity index (χ0n) is 16.5. The van der Waals surface area contributed by atoms with Gasteiger partial charge in [0.15, 0.2) is 0 Å². The van der Waals surface area contributed by atoms with Crippen LogP contribution in [0.1, 0.15) is 53.9 Å². The van der Waals surface area contributed by atoms with Crippen LogP contribution in [-0.2, 0) is 0 Å². The maximum Gasteiger partial charge on any atom is 0.337 e. The third kappa shape index (κ3) is 4.74. The van der Waals surface area contributed by atoms with Crippen molar-refractivity contribution in [1.29, 1.82) is 0 Å². The average Bonchev–Trinajstić information content (AvgIpc) is 2.77. The van der Waals surface area contributed by atoms with Crippen molar-refractivity contribution in [2.24, 2.45) is 0 Å². The summed E-state index contributed by atoms with van der Waals surface area (Å²) < 4.78 is 5.85. The number of carboxylic acid groups (broad SMARTS) is 1. The molecule has 0 radical (unpaired) electrons. The second kappa shape index (κ2) is 9.18. The first-order chi connectivity index (χ1) is 14.6. The fourth-order valence-electron chi connectivity index (χ4n) is 3.85. The van der Waals surface area contributed by atoms with Crippen LogP contribution in [0.4, 0.5) is 11.4 Å². The summed E-state index contributed by atoms with van der Waals surface area (Å²) >= 11 is 6.46. The molecule has 30 heavy (non-hydrogen) atoms. The predicted molar refractivity (Wildman–Crippen MR) is 118 cm³/mol. The van der Waals surface area contributed by atoms with E-state index in [1.54, 1.807) is 42.6 Å². The molecule has 0 aliphatic heterocycles. The van der Waals surface area contributed by atoms with Gasteiger partial charge < -0.3 is 15.2 Å². The molecule has 1 aliphatic carbocycles. The van der Waals surface area contributed by atoms with E-state index in [-0.39, 0.29) is 5.56 Å². The summed E-state index contributed by atoms with van der Waals surface area (Å²) in [5, 5.41) is 12.9. The Hall–Kier alpha value is -3.05. The van der Waals surface area contributed by atoms with Crippen LogP contribution in [0.25, 0.3) is 0 Å². The van der Waals surface area contributed by atoms with E-state index in [9.17, 15) is 9.90 Å². The number of nitrogens with one attached hydrogen (secondary N) is 1. The minimum absolute atomic E-state index is 0.197. The lowest BCUT2D eigenvalue weighted by atomic mass is 9.84. The molecule has 0 atom stereocenters. The van der Waals surface area contributed by atoms with E-state index >= 15 is 0 Å². The number of benzene rings is 2. The molecule has 6 heteroatoms. The maximum absolute atomic E-state index is 11.3. The fraction of sp³-hybridized carbons (Fsp3) is 0.250. The van der Waals surface area contributed by atoms with Gasteiger partial charge in [-0.25, -0.2) is 9.78 Å². The standard InChI is InChI=1S/C24H23ClN2O3/c25-20-14-17(16-6-2-1-3-7-16)10-12-22(20)30-23-13-11-18(15-26-23)27-21-9-5-4-8-19(21)24(28)29/h4-5,8-16,27H,1-3,6-7H2,(H,28,29). The van der Waals surface area contributed by atoms with Crippen LogP contribution in [-0.4, -0.2) is 16.1 Å². The van der Waals surface area contributed by atoms with E-state index in [1.165, 1.54) is 37.7 Å². The number of pyridine rings is 1. The number of para-hydroxylation sites is 1. The summed E-state index contributed by atoms with van der Waals surface area (Å²) in [6.07, 6.45) is 7.92. The number of hydrogen-bond donors (Lipinski definition) is 2. The van der Waals surface area contributed by atoms with E-state index in [0.29, 0.717) is 33.9 Å². The summed E-state index contributed by atoms with van der Waals surface area (Å²) in [5.41, 5.74) is 2.64. The van der Waals surface area contributed by atoms with Crippen molar-refractivity contribution in [3.63, 3.8) is 0 Å². The van der Waals surface area contributed by atoms with Gasteiger partial charge in [-0.1, -0.05) is 49.1 Å². The van der Waals surface area contributed by atoms with Crippen molar-refractivity contribution >= 4 is 28.9 Å². The van der Waals surface area contributed by atoms with Crippen molar-refractivity contribution in [2.45, 2.75) is 38.0 Å². The lowest BCUT2D eigenvalue weighted by Crippen LogP contribution is -2.04. The Morgan fingerprint density at radius 3 is 2.57 bits per heavy atom. The highest BCUT2D eigenvalue weighted by molar-refractivity contribution is 6.32. The van der Waals surface area contributed by atoms with Crippen molar-refractivity contribution in [1.82, 2.24) is 4.98 Å². The molecular weight excluding hydrogens is 400 g/mol. The van der Waals surface area contributed by atoms with Crippen molar-refractivity contribution in [3.8, 4) is 11.6 Å². The number of carboxylic acids is 1. The second-order valence-corrected chi connectivity index (χ2v) is 7.89. The molecule has 0 saturated heterocycles. The van der Waals surface area contributed by atoms with E-state index in [4.69, 9.17) is 16.3 Å². The predicted octanol–water partition coefficient (Wildman–Crippen LogP) is 7.02. The third-order valence-electron chi connectivity index (χ3n) is 5.42. The minimum atomic E-state index is -0.989. The zero-order chi connectivity index (χ0) is 20.9. The highest BCUT2D eigenvalue weighted by Crippen LogP contribution is 2.37. The summed E-state index contributed by atoms with van der Waals surface area (Å²) in [5.74, 6) is 0.583. The third-order valence-corrected chi connectivity index (χ3v) is 5.72. The van der Waals surface area contributed by atoms with Crippen LogP contribution in [0.5, 0.6) is 11.6 Å². The average molecular weight is 423 g/mol. The molecule has 2 N–H and O–H groups in total. The summed E-state index contributed by atoms with van der Waals surface area (Å²) in [6, 6.07) is 16.2. The Bertz CT molecular complexity index is 1030. The van der Waals surface area contributed by atoms with Gasteiger partial charge in [-0.2, -0.15) is 0 Å². The van der Waals surface area contributed by atoms with Crippen molar-refractivity contribution in [3.05, 3.63) is 76.9 Å². The molecule has 4 rings (SSSR count). The zero-order valence-corrected chi connectivity index (χ0v) is 17.2. The normalized spacial score (nSPS) is 14.3. The Morgan fingerprint density at radius 2 is 1.87 bits per heavy atom. The molecule has 1 saturated carbocycles. The summed E-state index contributed by atoms with van der Waals surface area (Å²) in [7, 11) is 0. The Balaban J connectivity index is 1.44. The van der Waals surface area contributed by atoms with Crippen LogP contribution in [0, 0.1) is 0 Å². The number of carbonyl (C=O) groups is 1. The molecule has 0 unspecified atom stereocenters. The molecule has 2 aromatic carbocycles. The van der Waals surface area contributed by atoms with E-state index in [1.807, 2.05) is 12.1 Å². The van der Waals surface area contributed by atoms with Crippen molar-refractivity contribution in [2.75, 3.05) is 5.32 Å². The first kappa shape index (κ1) is 20.2. The van der Waals surface area contributed by atoms with Gasteiger partial charge in [0.1, 0.15) is 5.75 Å². The van der Waals surface area contributed by atoms with Crippen LogP contribution in [0.2, 0.25) is 5.02 Å². The monoisotopic (exact) mass is 422 g/mol. The minimum Gasteiger partial charge on any atom is -0.478 e. The molecule has 1 aliphatic rings. The fourth-order valence-corrected chi connectivity index (χ4v) is 4.08. The number of rotatable bonds is 6. The SMILES string of the molecule is O=C(O)c1ccccc1Nc1ccc(Oc2ccc(C3CCCCC3)cc2Cl)nc1. The van der Waals surface area contributed by atoms with E-state index in [0.717, 1.165) is 0 Å². The van der Waals surface area contributed by atoms with Gasteiger partial charge in [-0.05, 0) is 54.7 Å². The lowest BCUT2D eigenvalue weighted by Gasteiger charge is -2.22.